The molecule has 1 atom stereocenters. The number of halogens is 3. The number of aliphatic hydroxyl groups is 1. The second-order valence-electron chi connectivity index (χ2n) is 6.03. The Morgan fingerprint density at radius 3 is 2.40 bits per heavy atom. The van der Waals surface area contributed by atoms with Gasteiger partial charge in [-0.2, -0.15) is 0 Å². The van der Waals surface area contributed by atoms with E-state index < -0.39 is 12.0 Å². The Morgan fingerprint density at radius 2 is 1.80 bits per heavy atom. The highest BCUT2D eigenvalue weighted by molar-refractivity contribution is 5.34. The molecule has 1 fully saturated rings. The van der Waals surface area contributed by atoms with E-state index in [-0.39, 0.29) is 11.2 Å². The van der Waals surface area contributed by atoms with E-state index in [2.05, 4.69) is 4.74 Å². The van der Waals surface area contributed by atoms with Crippen molar-refractivity contribution in [1.29, 1.82) is 0 Å². The van der Waals surface area contributed by atoms with Crippen LogP contribution in [0.1, 0.15) is 45.1 Å². The van der Waals surface area contributed by atoms with Gasteiger partial charge in [-0.15, -0.1) is 13.2 Å². The van der Waals surface area contributed by atoms with Crippen LogP contribution in [-0.4, -0.2) is 11.5 Å². The van der Waals surface area contributed by atoms with Crippen LogP contribution in [0.4, 0.5) is 13.2 Å². The predicted molar refractivity (Wildman–Crippen MR) is 69.3 cm³/mol. The summed E-state index contributed by atoms with van der Waals surface area (Å²) in [7, 11) is 0. The Bertz CT molecular complexity index is 482. The molecule has 1 aliphatic carbocycles. The summed E-state index contributed by atoms with van der Waals surface area (Å²) in [6, 6.07) is 5.69. The molecule has 1 unspecified atom stereocenters. The molecule has 0 aliphatic heterocycles. The van der Waals surface area contributed by atoms with E-state index in [1.165, 1.54) is 18.2 Å². The van der Waals surface area contributed by atoms with Crippen LogP contribution in [-0.2, 0) is 5.60 Å². The van der Waals surface area contributed by atoms with Crippen LogP contribution in [0.5, 0.6) is 5.75 Å². The van der Waals surface area contributed by atoms with E-state index in [9.17, 15) is 18.3 Å². The molecule has 1 N–H and O–H groups in total. The number of benzene rings is 1. The maximum atomic E-state index is 12.3. The number of ether oxygens (including phenoxy) is 1. The Kier molecular flexibility index (Phi) is 3.75. The summed E-state index contributed by atoms with van der Waals surface area (Å²) in [5, 5.41) is 11.0. The van der Waals surface area contributed by atoms with E-state index in [1.54, 1.807) is 6.07 Å². The largest absolute Gasteiger partial charge is 0.573 e. The molecule has 2 nitrogen and oxygen atoms in total. The maximum Gasteiger partial charge on any atom is 0.573 e. The number of hydrogen-bond donors (Lipinski definition) is 1. The summed E-state index contributed by atoms with van der Waals surface area (Å²) in [6.45, 7) is 3.90. The third-order valence-electron chi connectivity index (χ3n) is 4.26. The first-order chi connectivity index (χ1) is 9.14. The molecule has 1 saturated carbocycles. The minimum atomic E-state index is -4.72. The molecule has 1 aromatic carbocycles. The highest BCUT2D eigenvalue weighted by atomic mass is 19.4. The smallest absolute Gasteiger partial charge is 0.406 e. The molecule has 1 aromatic rings. The van der Waals surface area contributed by atoms with E-state index in [1.807, 2.05) is 13.8 Å². The Labute approximate surface area is 116 Å². The lowest BCUT2D eigenvalue weighted by atomic mass is 9.62. The zero-order valence-electron chi connectivity index (χ0n) is 11.6. The average Bonchev–Trinajstić information content (AvgIpc) is 2.31. The van der Waals surface area contributed by atoms with Crippen LogP contribution in [0.15, 0.2) is 24.3 Å². The molecule has 20 heavy (non-hydrogen) atoms. The van der Waals surface area contributed by atoms with Crippen LogP contribution < -0.4 is 4.74 Å². The molecular formula is C15H19F3O2. The molecule has 0 radical (unpaired) electrons. The SMILES string of the molecule is CC1(C)CCCCC1(O)c1cccc(OC(F)(F)F)c1. The van der Waals surface area contributed by atoms with Gasteiger partial charge < -0.3 is 9.84 Å². The summed E-state index contributed by atoms with van der Waals surface area (Å²) < 4.78 is 40.8. The Morgan fingerprint density at radius 1 is 1.15 bits per heavy atom. The minimum absolute atomic E-state index is 0.287. The summed E-state index contributed by atoms with van der Waals surface area (Å²) in [5.41, 5.74) is -0.998. The van der Waals surface area contributed by atoms with Crippen LogP contribution in [0.25, 0.3) is 0 Å². The average molecular weight is 288 g/mol. The van der Waals surface area contributed by atoms with Gasteiger partial charge in [-0.3, -0.25) is 0 Å². The van der Waals surface area contributed by atoms with E-state index in [0.717, 1.165) is 19.3 Å². The van der Waals surface area contributed by atoms with Crippen molar-refractivity contribution >= 4 is 0 Å². The monoisotopic (exact) mass is 288 g/mol. The molecule has 2 rings (SSSR count). The number of alkyl halides is 3. The fourth-order valence-electron chi connectivity index (χ4n) is 2.98. The van der Waals surface area contributed by atoms with Crippen molar-refractivity contribution in [2.24, 2.45) is 5.41 Å². The molecule has 0 spiro atoms. The fraction of sp³-hybridized carbons (Fsp3) is 0.600. The van der Waals surface area contributed by atoms with Crippen molar-refractivity contribution in [1.82, 2.24) is 0 Å². The quantitative estimate of drug-likeness (QED) is 0.875. The summed E-state index contributed by atoms with van der Waals surface area (Å²) >= 11 is 0. The molecule has 0 bridgehead atoms. The van der Waals surface area contributed by atoms with Crippen molar-refractivity contribution in [2.75, 3.05) is 0 Å². The van der Waals surface area contributed by atoms with Crippen LogP contribution in [0.3, 0.4) is 0 Å². The predicted octanol–water partition coefficient (Wildman–Crippen LogP) is 4.37. The summed E-state index contributed by atoms with van der Waals surface area (Å²) in [4.78, 5) is 0. The molecule has 1 aliphatic rings. The van der Waals surface area contributed by atoms with Gasteiger partial charge in [-0.05, 0) is 36.0 Å². The Balaban J connectivity index is 2.34. The molecule has 5 heteroatoms. The lowest BCUT2D eigenvalue weighted by Crippen LogP contribution is -2.44. The summed E-state index contributed by atoms with van der Waals surface area (Å²) in [6.07, 6.45) is -1.44. The van der Waals surface area contributed by atoms with E-state index in [4.69, 9.17) is 0 Å². The van der Waals surface area contributed by atoms with Gasteiger partial charge in [0.05, 0.1) is 5.60 Å². The first-order valence-corrected chi connectivity index (χ1v) is 6.73. The van der Waals surface area contributed by atoms with Crippen LogP contribution >= 0.6 is 0 Å². The van der Waals surface area contributed by atoms with Gasteiger partial charge in [0, 0.05) is 0 Å². The van der Waals surface area contributed by atoms with Gasteiger partial charge in [0.2, 0.25) is 0 Å². The van der Waals surface area contributed by atoms with Crippen molar-refractivity contribution < 1.29 is 23.0 Å². The minimum Gasteiger partial charge on any atom is -0.406 e. The van der Waals surface area contributed by atoms with Crippen molar-refractivity contribution in [2.45, 2.75) is 51.5 Å². The van der Waals surface area contributed by atoms with E-state index >= 15 is 0 Å². The van der Waals surface area contributed by atoms with E-state index in [0.29, 0.717) is 12.0 Å². The lowest BCUT2D eigenvalue weighted by Gasteiger charge is -2.47. The van der Waals surface area contributed by atoms with Crippen molar-refractivity contribution in [3.63, 3.8) is 0 Å². The van der Waals surface area contributed by atoms with Crippen LogP contribution in [0, 0.1) is 5.41 Å². The van der Waals surface area contributed by atoms with Gasteiger partial charge in [0.15, 0.2) is 0 Å². The normalized spacial score (nSPS) is 26.3. The van der Waals surface area contributed by atoms with Gasteiger partial charge in [-0.25, -0.2) is 0 Å². The summed E-state index contributed by atoms with van der Waals surface area (Å²) in [5.74, 6) is -0.287. The molecule has 0 heterocycles. The zero-order chi connectivity index (χ0) is 15.0. The van der Waals surface area contributed by atoms with Gasteiger partial charge in [-0.1, -0.05) is 38.8 Å². The number of rotatable bonds is 2. The topological polar surface area (TPSA) is 29.5 Å². The molecule has 0 saturated heterocycles. The molecule has 0 aromatic heterocycles. The fourth-order valence-corrected chi connectivity index (χ4v) is 2.98. The molecular weight excluding hydrogens is 269 g/mol. The molecule has 0 amide bonds. The standard InChI is InChI=1S/C15H19F3O2/c1-13(2)8-3-4-9-14(13,19)11-6-5-7-12(10-11)20-15(16,17)18/h5-7,10,19H,3-4,8-9H2,1-2H3. The third-order valence-corrected chi connectivity index (χ3v) is 4.26. The Hall–Kier alpha value is -1.23. The van der Waals surface area contributed by atoms with Crippen molar-refractivity contribution in [3.05, 3.63) is 29.8 Å². The first-order valence-electron chi connectivity index (χ1n) is 6.73. The molecule has 112 valence electrons. The highest BCUT2D eigenvalue weighted by Crippen LogP contribution is 2.50. The second-order valence-corrected chi connectivity index (χ2v) is 6.03. The lowest BCUT2D eigenvalue weighted by molar-refractivity contribution is -0.274. The van der Waals surface area contributed by atoms with Crippen LogP contribution in [0.2, 0.25) is 0 Å². The number of hydrogen-bond acceptors (Lipinski definition) is 2. The zero-order valence-corrected chi connectivity index (χ0v) is 11.6. The van der Waals surface area contributed by atoms with Gasteiger partial charge >= 0.3 is 6.36 Å². The van der Waals surface area contributed by atoms with Crippen molar-refractivity contribution in [3.8, 4) is 5.75 Å². The van der Waals surface area contributed by atoms with Gasteiger partial charge in [0.25, 0.3) is 0 Å². The third kappa shape index (κ3) is 2.92. The highest BCUT2D eigenvalue weighted by Gasteiger charge is 2.46. The van der Waals surface area contributed by atoms with Gasteiger partial charge in [0.1, 0.15) is 5.75 Å². The second kappa shape index (κ2) is 4.95. The maximum absolute atomic E-state index is 12.3. The first kappa shape index (κ1) is 15.2.